The standard InChI is InChI=1S/C26H22F3N3O3/c1-16-12-13-18(14-17(16)2)23(33)30-22-24(34)31(15-26(27,28)29)20-10-6-7-11-21(20)32(25(22)35)19-8-4-3-5-9-19/h3-14,22H,15H2,1-2H3,(H,30,33). The Morgan fingerprint density at radius 3 is 2.11 bits per heavy atom. The summed E-state index contributed by atoms with van der Waals surface area (Å²) in [6.07, 6.45) is -4.74. The topological polar surface area (TPSA) is 69.7 Å². The molecule has 0 radical (unpaired) electrons. The van der Waals surface area contributed by atoms with Crippen LogP contribution >= 0.6 is 0 Å². The molecule has 9 heteroatoms. The number of fused-ring (bicyclic) bond motifs is 1. The second-order valence-electron chi connectivity index (χ2n) is 8.24. The van der Waals surface area contributed by atoms with Gasteiger partial charge in [0, 0.05) is 11.3 Å². The van der Waals surface area contributed by atoms with Crippen LogP contribution in [0.4, 0.5) is 30.2 Å². The fourth-order valence-electron chi connectivity index (χ4n) is 3.92. The number of alkyl halides is 3. The van der Waals surface area contributed by atoms with Crippen molar-refractivity contribution in [3.8, 4) is 0 Å². The van der Waals surface area contributed by atoms with E-state index in [0.717, 1.165) is 16.0 Å². The molecule has 1 aliphatic rings. The molecular weight excluding hydrogens is 459 g/mol. The first-order valence-corrected chi connectivity index (χ1v) is 10.8. The van der Waals surface area contributed by atoms with Crippen LogP contribution in [0.2, 0.25) is 0 Å². The molecule has 1 atom stereocenters. The third-order valence-electron chi connectivity index (χ3n) is 5.79. The number of benzene rings is 3. The van der Waals surface area contributed by atoms with Crippen molar-refractivity contribution in [3.63, 3.8) is 0 Å². The number of nitrogens with zero attached hydrogens (tertiary/aromatic N) is 2. The molecule has 1 unspecified atom stereocenters. The van der Waals surface area contributed by atoms with Gasteiger partial charge in [0.05, 0.1) is 11.4 Å². The largest absolute Gasteiger partial charge is 0.406 e. The van der Waals surface area contributed by atoms with Gasteiger partial charge in [-0.2, -0.15) is 13.2 Å². The lowest BCUT2D eigenvalue weighted by atomic mass is 10.1. The second-order valence-corrected chi connectivity index (χ2v) is 8.24. The number of aryl methyl sites for hydroxylation is 2. The Kier molecular flexibility index (Phi) is 6.34. The van der Waals surface area contributed by atoms with Crippen molar-refractivity contribution in [1.29, 1.82) is 0 Å². The van der Waals surface area contributed by atoms with Crippen LogP contribution in [0.5, 0.6) is 0 Å². The minimum atomic E-state index is -4.74. The first-order chi connectivity index (χ1) is 16.6. The molecule has 0 aliphatic carbocycles. The minimum absolute atomic E-state index is 0.0880. The summed E-state index contributed by atoms with van der Waals surface area (Å²) >= 11 is 0. The predicted molar refractivity (Wildman–Crippen MR) is 126 cm³/mol. The van der Waals surface area contributed by atoms with E-state index in [4.69, 9.17) is 0 Å². The molecule has 3 aromatic rings. The summed E-state index contributed by atoms with van der Waals surface area (Å²) in [6, 6.07) is 17.0. The van der Waals surface area contributed by atoms with Crippen molar-refractivity contribution in [2.75, 3.05) is 16.3 Å². The lowest BCUT2D eigenvalue weighted by Crippen LogP contribution is -2.56. The van der Waals surface area contributed by atoms with Gasteiger partial charge in [-0.1, -0.05) is 36.4 Å². The van der Waals surface area contributed by atoms with Gasteiger partial charge in [-0.3, -0.25) is 24.2 Å². The average molecular weight is 481 g/mol. The van der Waals surface area contributed by atoms with Crippen LogP contribution in [0.25, 0.3) is 0 Å². The van der Waals surface area contributed by atoms with E-state index in [9.17, 15) is 27.6 Å². The van der Waals surface area contributed by atoms with E-state index < -0.39 is 36.5 Å². The quantitative estimate of drug-likeness (QED) is 0.551. The van der Waals surface area contributed by atoms with Crippen LogP contribution < -0.4 is 15.1 Å². The van der Waals surface area contributed by atoms with Crippen molar-refractivity contribution in [2.45, 2.75) is 26.1 Å². The number of carbonyl (C=O) groups is 3. The highest BCUT2D eigenvalue weighted by Gasteiger charge is 2.45. The lowest BCUT2D eigenvalue weighted by molar-refractivity contribution is -0.136. The summed E-state index contributed by atoms with van der Waals surface area (Å²) in [6.45, 7) is 2.04. The van der Waals surface area contributed by atoms with Crippen molar-refractivity contribution >= 4 is 34.8 Å². The predicted octanol–water partition coefficient (Wildman–Crippen LogP) is 4.68. The van der Waals surface area contributed by atoms with Crippen molar-refractivity contribution in [1.82, 2.24) is 5.32 Å². The second kappa shape index (κ2) is 9.25. The monoisotopic (exact) mass is 481 g/mol. The molecule has 1 N–H and O–H groups in total. The number of anilines is 3. The van der Waals surface area contributed by atoms with E-state index in [-0.39, 0.29) is 16.9 Å². The summed E-state index contributed by atoms with van der Waals surface area (Å²) in [4.78, 5) is 41.8. The van der Waals surface area contributed by atoms with Gasteiger partial charge in [0.2, 0.25) is 0 Å². The van der Waals surface area contributed by atoms with Crippen LogP contribution in [0.3, 0.4) is 0 Å². The van der Waals surface area contributed by atoms with E-state index in [2.05, 4.69) is 5.32 Å². The molecule has 3 aromatic carbocycles. The first-order valence-electron chi connectivity index (χ1n) is 10.8. The SMILES string of the molecule is Cc1ccc(C(=O)NC2C(=O)N(CC(F)(F)F)c3ccccc3N(c3ccccc3)C2=O)cc1C. The normalized spacial score (nSPS) is 16.1. The Morgan fingerprint density at radius 1 is 0.857 bits per heavy atom. The molecule has 35 heavy (non-hydrogen) atoms. The van der Waals surface area contributed by atoms with E-state index in [1.165, 1.54) is 24.3 Å². The minimum Gasteiger partial charge on any atom is -0.332 e. The molecule has 1 aliphatic heterocycles. The molecule has 0 fully saturated rings. The highest BCUT2D eigenvalue weighted by molar-refractivity contribution is 6.24. The van der Waals surface area contributed by atoms with Gasteiger partial charge >= 0.3 is 6.18 Å². The number of hydrogen-bond acceptors (Lipinski definition) is 3. The molecule has 0 saturated heterocycles. The van der Waals surface area contributed by atoms with Gasteiger partial charge in [-0.15, -0.1) is 0 Å². The van der Waals surface area contributed by atoms with Crippen molar-refractivity contribution in [2.24, 2.45) is 0 Å². The smallest absolute Gasteiger partial charge is 0.332 e. The highest BCUT2D eigenvalue weighted by Crippen LogP contribution is 2.39. The maximum Gasteiger partial charge on any atom is 0.406 e. The molecule has 0 spiro atoms. The molecule has 0 aromatic heterocycles. The van der Waals surface area contributed by atoms with Gasteiger partial charge < -0.3 is 5.32 Å². The fraction of sp³-hybridized carbons (Fsp3) is 0.192. The van der Waals surface area contributed by atoms with Crippen LogP contribution in [0, 0.1) is 13.8 Å². The first kappa shape index (κ1) is 24.0. The zero-order valence-corrected chi connectivity index (χ0v) is 19.0. The Bertz CT molecular complexity index is 1290. The van der Waals surface area contributed by atoms with Gasteiger partial charge in [-0.25, -0.2) is 0 Å². The van der Waals surface area contributed by atoms with Crippen LogP contribution in [-0.4, -0.2) is 36.5 Å². The summed E-state index contributed by atoms with van der Waals surface area (Å²) in [7, 11) is 0. The molecule has 1 heterocycles. The highest BCUT2D eigenvalue weighted by atomic mass is 19.4. The summed E-state index contributed by atoms with van der Waals surface area (Å²) in [5.41, 5.74) is 2.29. The molecule has 0 bridgehead atoms. The Labute approximate surface area is 200 Å². The van der Waals surface area contributed by atoms with Gasteiger partial charge in [0.15, 0.2) is 6.04 Å². The Morgan fingerprint density at radius 2 is 1.49 bits per heavy atom. The summed E-state index contributed by atoms with van der Waals surface area (Å²) in [5, 5.41) is 2.38. The maximum absolute atomic E-state index is 13.7. The molecule has 180 valence electrons. The zero-order chi connectivity index (χ0) is 25.3. The van der Waals surface area contributed by atoms with Crippen LogP contribution in [0.1, 0.15) is 21.5 Å². The number of rotatable bonds is 4. The fourth-order valence-corrected chi connectivity index (χ4v) is 3.92. The third kappa shape index (κ3) is 4.89. The lowest BCUT2D eigenvalue weighted by Gasteiger charge is -2.26. The van der Waals surface area contributed by atoms with E-state index in [0.29, 0.717) is 10.6 Å². The Balaban J connectivity index is 1.83. The third-order valence-corrected chi connectivity index (χ3v) is 5.79. The number of para-hydroxylation sites is 3. The van der Waals surface area contributed by atoms with Crippen molar-refractivity contribution < 1.29 is 27.6 Å². The zero-order valence-electron chi connectivity index (χ0n) is 19.0. The number of carbonyl (C=O) groups excluding carboxylic acids is 3. The van der Waals surface area contributed by atoms with Gasteiger partial charge in [0.25, 0.3) is 17.7 Å². The van der Waals surface area contributed by atoms with Gasteiger partial charge in [-0.05, 0) is 61.4 Å². The number of nitrogens with one attached hydrogen (secondary N) is 1. The van der Waals surface area contributed by atoms with Crippen LogP contribution in [0.15, 0.2) is 72.8 Å². The maximum atomic E-state index is 13.7. The average Bonchev–Trinajstić information content (AvgIpc) is 2.90. The number of hydrogen-bond donors (Lipinski definition) is 1. The van der Waals surface area contributed by atoms with E-state index in [1.807, 2.05) is 6.92 Å². The molecule has 4 rings (SSSR count). The number of amides is 3. The summed E-state index contributed by atoms with van der Waals surface area (Å²) in [5.74, 6) is -2.78. The van der Waals surface area contributed by atoms with Crippen molar-refractivity contribution in [3.05, 3.63) is 89.5 Å². The molecule has 0 saturated carbocycles. The number of halogens is 3. The summed E-state index contributed by atoms with van der Waals surface area (Å²) < 4.78 is 40.5. The Hall–Kier alpha value is -4.14. The molecule has 3 amide bonds. The van der Waals surface area contributed by atoms with Gasteiger partial charge in [0.1, 0.15) is 6.54 Å². The van der Waals surface area contributed by atoms with Crippen LogP contribution in [-0.2, 0) is 9.59 Å². The van der Waals surface area contributed by atoms with E-state index >= 15 is 0 Å². The van der Waals surface area contributed by atoms with E-state index in [1.54, 1.807) is 55.5 Å². The molecule has 6 nitrogen and oxygen atoms in total. The molecular formula is C26H22F3N3O3.